The third-order valence-electron chi connectivity index (χ3n) is 2.07. The van der Waals surface area contributed by atoms with Crippen LogP contribution in [0.25, 0.3) is 0 Å². The molecule has 0 heterocycles. The van der Waals surface area contributed by atoms with Gasteiger partial charge in [-0.2, -0.15) is 0 Å². The van der Waals surface area contributed by atoms with Crippen molar-refractivity contribution in [2.45, 2.75) is 19.1 Å². The number of hydrogen-bond acceptors (Lipinski definition) is 4. The van der Waals surface area contributed by atoms with Crippen LogP contribution in [-0.4, -0.2) is 23.7 Å². The molecule has 0 aromatic heterocycles. The zero-order valence-corrected chi connectivity index (χ0v) is 10.3. The minimum absolute atomic E-state index is 0.120. The number of ether oxygens (including phenoxy) is 1. The molecule has 16 heavy (non-hydrogen) atoms. The number of benzene rings is 1. The van der Waals surface area contributed by atoms with Crippen molar-refractivity contribution in [3.8, 4) is 0 Å². The molecule has 0 aliphatic rings. The number of aliphatic hydroxyl groups is 1. The smallest absolute Gasteiger partial charge is 0.323 e. The Morgan fingerprint density at radius 3 is 2.81 bits per heavy atom. The number of aliphatic hydroxyl groups excluding tert-OH is 1. The Morgan fingerprint density at radius 2 is 2.19 bits per heavy atom. The van der Waals surface area contributed by atoms with E-state index in [-0.39, 0.29) is 19.6 Å². The zero-order valence-electron chi connectivity index (χ0n) is 8.73. The first-order valence-electron chi connectivity index (χ1n) is 4.91. The summed E-state index contributed by atoms with van der Waals surface area (Å²) in [6, 6.07) is 6.72. The van der Waals surface area contributed by atoms with E-state index in [2.05, 4.69) is 15.9 Å². The molecule has 3 N–H and O–H groups in total. The number of nitrogens with two attached hydrogens (primary N) is 1. The Hall–Kier alpha value is -0.910. The molecule has 0 aliphatic heterocycles. The maximum Gasteiger partial charge on any atom is 0.323 e. The highest BCUT2D eigenvalue weighted by Crippen LogP contribution is 2.16. The average Bonchev–Trinajstić information content (AvgIpc) is 2.28. The van der Waals surface area contributed by atoms with Crippen molar-refractivity contribution < 1.29 is 14.6 Å². The number of esters is 1. The summed E-state index contributed by atoms with van der Waals surface area (Å²) < 4.78 is 5.91. The topological polar surface area (TPSA) is 72.5 Å². The summed E-state index contributed by atoms with van der Waals surface area (Å²) in [7, 11) is 0. The highest BCUT2D eigenvalue weighted by molar-refractivity contribution is 9.10. The molecule has 0 radical (unpaired) electrons. The van der Waals surface area contributed by atoms with E-state index in [1.807, 2.05) is 24.3 Å². The third kappa shape index (κ3) is 3.92. The number of hydrogen-bond donors (Lipinski definition) is 2. The second kappa shape index (κ2) is 6.62. The van der Waals surface area contributed by atoms with E-state index in [4.69, 9.17) is 15.6 Å². The largest absolute Gasteiger partial charge is 0.460 e. The van der Waals surface area contributed by atoms with Gasteiger partial charge in [0.25, 0.3) is 0 Å². The van der Waals surface area contributed by atoms with Crippen LogP contribution in [0.2, 0.25) is 0 Å². The van der Waals surface area contributed by atoms with E-state index in [0.717, 1.165) is 10.0 Å². The van der Waals surface area contributed by atoms with E-state index >= 15 is 0 Å². The fourth-order valence-electron chi connectivity index (χ4n) is 1.13. The van der Waals surface area contributed by atoms with Crippen LogP contribution in [0.4, 0.5) is 0 Å². The van der Waals surface area contributed by atoms with E-state index in [1.165, 1.54) is 0 Å². The van der Waals surface area contributed by atoms with E-state index in [1.54, 1.807) is 0 Å². The van der Waals surface area contributed by atoms with Crippen molar-refractivity contribution in [3.63, 3.8) is 0 Å². The van der Waals surface area contributed by atoms with Gasteiger partial charge in [0.15, 0.2) is 0 Å². The Kier molecular flexibility index (Phi) is 5.45. The second-order valence-corrected chi connectivity index (χ2v) is 4.17. The molecule has 5 heteroatoms. The van der Waals surface area contributed by atoms with Gasteiger partial charge in [-0.1, -0.05) is 34.1 Å². The summed E-state index contributed by atoms with van der Waals surface area (Å²) in [4.78, 5) is 11.3. The van der Waals surface area contributed by atoms with Crippen LogP contribution in [0.15, 0.2) is 28.7 Å². The molecule has 1 rings (SSSR count). The van der Waals surface area contributed by atoms with Crippen LogP contribution in [0.1, 0.15) is 12.0 Å². The summed E-state index contributed by atoms with van der Waals surface area (Å²) in [5, 5.41) is 8.62. The van der Waals surface area contributed by atoms with Crippen molar-refractivity contribution >= 4 is 21.9 Å². The van der Waals surface area contributed by atoms with Crippen LogP contribution >= 0.6 is 15.9 Å². The van der Waals surface area contributed by atoms with Crippen molar-refractivity contribution in [1.29, 1.82) is 0 Å². The molecule has 1 aromatic carbocycles. The normalized spacial score (nSPS) is 12.2. The van der Waals surface area contributed by atoms with Gasteiger partial charge in [0, 0.05) is 16.6 Å². The first-order chi connectivity index (χ1) is 7.65. The summed E-state index contributed by atoms with van der Waals surface area (Å²) in [6.45, 7) is 0.0602. The predicted molar refractivity (Wildman–Crippen MR) is 63.6 cm³/mol. The number of carbonyl (C=O) groups is 1. The minimum atomic E-state index is -0.757. The Morgan fingerprint density at radius 1 is 1.50 bits per heavy atom. The highest BCUT2D eigenvalue weighted by atomic mass is 79.9. The maximum absolute atomic E-state index is 11.3. The summed E-state index contributed by atoms with van der Waals surface area (Å²) in [6.07, 6.45) is 0.217. The van der Waals surface area contributed by atoms with Gasteiger partial charge >= 0.3 is 5.97 Å². The molecule has 0 saturated heterocycles. The first-order valence-corrected chi connectivity index (χ1v) is 5.71. The second-order valence-electron chi connectivity index (χ2n) is 3.32. The number of halogens is 1. The molecule has 88 valence electrons. The maximum atomic E-state index is 11.3. The molecular weight excluding hydrogens is 274 g/mol. The summed E-state index contributed by atoms with van der Waals surface area (Å²) >= 11 is 3.35. The summed E-state index contributed by atoms with van der Waals surface area (Å²) in [5.74, 6) is -0.496. The van der Waals surface area contributed by atoms with Crippen LogP contribution in [0.3, 0.4) is 0 Å². The van der Waals surface area contributed by atoms with Crippen LogP contribution < -0.4 is 5.73 Å². The van der Waals surface area contributed by atoms with Gasteiger partial charge in [0.05, 0.1) is 0 Å². The standard InChI is InChI=1S/C11H14BrNO3/c12-9-4-2-1-3-8(9)7-16-11(15)10(13)5-6-14/h1-4,10,14H,5-7,13H2/t10-/m0/s1. The van der Waals surface area contributed by atoms with Crippen molar-refractivity contribution in [3.05, 3.63) is 34.3 Å². The van der Waals surface area contributed by atoms with Crippen LogP contribution in [0.5, 0.6) is 0 Å². The molecule has 0 amide bonds. The number of rotatable bonds is 5. The van der Waals surface area contributed by atoms with Crippen molar-refractivity contribution in [2.24, 2.45) is 5.73 Å². The SMILES string of the molecule is N[C@@H](CCO)C(=O)OCc1ccccc1Br. The summed E-state index contributed by atoms with van der Waals surface area (Å²) in [5.41, 5.74) is 6.37. The first kappa shape index (κ1) is 13.2. The highest BCUT2D eigenvalue weighted by Gasteiger charge is 2.14. The van der Waals surface area contributed by atoms with Gasteiger partial charge in [0.1, 0.15) is 12.6 Å². The van der Waals surface area contributed by atoms with E-state index < -0.39 is 12.0 Å². The molecule has 0 saturated carbocycles. The lowest BCUT2D eigenvalue weighted by Crippen LogP contribution is -2.33. The average molecular weight is 288 g/mol. The lowest BCUT2D eigenvalue weighted by molar-refractivity contribution is -0.146. The number of carbonyl (C=O) groups excluding carboxylic acids is 1. The molecule has 4 nitrogen and oxygen atoms in total. The molecule has 1 atom stereocenters. The van der Waals surface area contributed by atoms with Crippen LogP contribution in [0, 0.1) is 0 Å². The van der Waals surface area contributed by atoms with Gasteiger partial charge in [-0.3, -0.25) is 4.79 Å². The molecule has 0 unspecified atom stereocenters. The van der Waals surface area contributed by atoms with Gasteiger partial charge < -0.3 is 15.6 Å². The third-order valence-corrected chi connectivity index (χ3v) is 2.84. The molecule has 1 aromatic rings. The van der Waals surface area contributed by atoms with Gasteiger partial charge in [-0.15, -0.1) is 0 Å². The quantitative estimate of drug-likeness (QED) is 0.799. The van der Waals surface area contributed by atoms with Gasteiger partial charge in [-0.05, 0) is 12.5 Å². The van der Waals surface area contributed by atoms with Crippen molar-refractivity contribution in [2.75, 3.05) is 6.61 Å². The lowest BCUT2D eigenvalue weighted by atomic mass is 10.2. The van der Waals surface area contributed by atoms with Gasteiger partial charge in [0.2, 0.25) is 0 Å². The van der Waals surface area contributed by atoms with Gasteiger partial charge in [-0.25, -0.2) is 0 Å². The Bertz CT molecular complexity index is 357. The Balaban J connectivity index is 2.46. The molecule has 0 fully saturated rings. The van der Waals surface area contributed by atoms with E-state index in [9.17, 15) is 4.79 Å². The molecule has 0 bridgehead atoms. The molecule has 0 spiro atoms. The fraction of sp³-hybridized carbons (Fsp3) is 0.364. The fourth-order valence-corrected chi connectivity index (χ4v) is 1.53. The Labute approximate surface area is 103 Å². The predicted octanol–water partition coefficient (Wildman–Crippen LogP) is 1.20. The lowest BCUT2D eigenvalue weighted by Gasteiger charge is -2.10. The minimum Gasteiger partial charge on any atom is -0.460 e. The monoisotopic (exact) mass is 287 g/mol. The molecular formula is C11H14BrNO3. The zero-order chi connectivity index (χ0) is 12.0. The van der Waals surface area contributed by atoms with Crippen molar-refractivity contribution in [1.82, 2.24) is 0 Å². The molecule has 0 aliphatic carbocycles. The van der Waals surface area contributed by atoms with Crippen LogP contribution in [-0.2, 0) is 16.1 Å². The van der Waals surface area contributed by atoms with E-state index in [0.29, 0.717) is 0 Å².